The van der Waals surface area contributed by atoms with Crippen LogP contribution in [0.4, 0.5) is 0 Å². The second-order valence-corrected chi connectivity index (χ2v) is 4.11. The Balaban J connectivity index is 2.60. The third kappa shape index (κ3) is 2.37. The van der Waals surface area contributed by atoms with Crippen molar-refractivity contribution in [2.24, 2.45) is 4.99 Å². The fourth-order valence-electron chi connectivity index (χ4n) is 1.39. The Labute approximate surface area is 84.6 Å². The van der Waals surface area contributed by atoms with Gasteiger partial charge >= 0.3 is 0 Å². The molecule has 1 heterocycles. The lowest BCUT2D eigenvalue weighted by Gasteiger charge is -2.28. The molecule has 0 unspecified atom stereocenters. The minimum Gasteiger partial charge on any atom is -0.355 e. The second kappa shape index (κ2) is 3.86. The van der Waals surface area contributed by atoms with Crippen LogP contribution in [0.25, 0.3) is 0 Å². The van der Waals surface area contributed by atoms with Gasteiger partial charge in [0.15, 0.2) is 5.96 Å². The first-order valence-corrected chi connectivity index (χ1v) is 4.72. The van der Waals surface area contributed by atoms with E-state index in [0.29, 0.717) is 5.96 Å². The Morgan fingerprint density at radius 2 is 2.21 bits per heavy atom. The van der Waals surface area contributed by atoms with Crippen LogP contribution >= 0.6 is 0 Å². The first kappa shape index (κ1) is 10.8. The molecule has 5 heteroatoms. The molecule has 0 bridgehead atoms. The number of guanidine groups is 1. The van der Waals surface area contributed by atoms with Gasteiger partial charge in [-0.2, -0.15) is 0 Å². The summed E-state index contributed by atoms with van der Waals surface area (Å²) in [6, 6.07) is 0. The molecule has 0 aromatic rings. The van der Waals surface area contributed by atoms with Gasteiger partial charge in [0.2, 0.25) is 5.91 Å². The number of hydrogen-bond donors (Lipinski definition) is 2. The van der Waals surface area contributed by atoms with Gasteiger partial charge in [0, 0.05) is 20.6 Å². The number of likely N-dealkylation sites (N-methyl/N-ethyl adjacent to an activating group) is 1. The third-order valence-electron chi connectivity index (χ3n) is 2.05. The Morgan fingerprint density at radius 1 is 1.57 bits per heavy atom. The highest BCUT2D eigenvalue weighted by Gasteiger charge is 2.30. The van der Waals surface area contributed by atoms with E-state index in [-0.39, 0.29) is 5.91 Å². The predicted octanol–water partition coefficient (Wildman–Crippen LogP) is -0.598. The highest BCUT2D eigenvalue weighted by Crippen LogP contribution is 2.05. The molecular weight excluding hydrogens is 180 g/mol. The van der Waals surface area contributed by atoms with E-state index in [4.69, 9.17) is 0 Å². The zero-order valence-corrected chi connectivity index (χ0v) is 9.22. The smallest absolute Gasteiger partial charge is 0.247 e. The number of hydrogen-bond acceptors (Lipinski definition) is 4. The topological polar surface area (TPSA) is 56.7 Å². The van der Waals surface area contributed by atoms with Gasteiger partial charge in [-0.05, 0) is 13.8 Å². The minimum absolute atomic E-state index is 0.0360. The molecule has 1 rings (SSSR count). The summed E-state index contributed by atoms with van der Waals surface area (Å²) < 4.78 is 0. The van der Waals surface area contributed by atoms with E-state index in [1.165, 1.54) is 0 Å². The fourth-order valence-corrected chi connectivity index (χ4v) is 1.39. The molecule has 0 saturated heterocycles. The van der Waals surface area contributed by atoms with Crippen LogP contribution in [0.2, 0.25) is 0 Å². The summed E-state index contributed by atoms with van der Waals surface area (Å²) in [4.78, 5) is 17.5. The number of rotatable bonds is 2. The Bertz CT molecular complexity index is 258. The summed E-state index contributed by atoms with van der Waals surface area (Å²) in [5.74, 6) is 0.749. The molecule has 1 aliphatic rings. The van der Waals surface area contributed by atoms with Crippen LogP contribution in [0.1, 0.15) is 13.8 Å². The van der Waals surface area contributed by atoms with Crippen LogP contribution in [0, 0.1) is 0 Å². The molecule has 0 fully saturated rings. The van der Waals surface area contributed by atoms with Gasteiger partial charge in [0.1, 0.15) is 5.54 Å². The first-order valence-electron chi connectivity index (χ1n) is 4.72. The van der Waals surface area contributed by atoms with Crippen LogP contribution in [0.15, 0.2) is 4.99 Å². The van der Waals surface area contributed by atoms with E-state index in [0.717, 1.165) is 13.1 Å². The summed E-state index contributed by atoms with van der Waals surface area (Å²) in [5, 5.41) is 6.16. The van der Waals surface area contributed by atoms with Crippen molar-refractivity contribution in [3.8, 4) is 0 Å². The summed E-state index contributed by atoms with van der Waals surface area (Å²) >= 11 is 0. The third-order valence-corrected chi connectivity index (χ3v) is 2.05. The highest BCUT2D eigenvalue weighted by molar-refractivity contribution is 5.92. The number of nitrogens with zero attached hydrogens (tertiary/aromatic N) is 2. The van der Waals surface area contributed by atoms with Crippen molar-refractivity contribution in [3.63, 3.8) is 0 Å². The minimum atomic E-state index is -0.611. The predicted molar refractivity (Wildman–Crippen MR) is 56.2 cm³/mol. The van der Waals surface area contributed by atoms with Crippen LogP contribution in [-0.4, -0.2) is 49.5 Å². The molecule has 0 aromatic heterocycles. The average Bonchev–Trinajstić information content (AvgIpc) is 2.54. The average molecular weight is 198 g/mol. The van der Waals surface area contributed by atoms with E-state index in [2.05, 4.69) is 15.6 Å². The second-order valence-electron chi connectivity index (χ2n) is 4.11. The van der Waals surface area contributed by atoms with Crippen molar-refractivity contribution < 1.29 is 4.79 Å². The van der Waals surface area contributed by atoms with E-state index in [1.807, 2.05) is 13.8 Å². The lowest BCUT2D eigenvalue weighted by molar-refractivity contribution is -0.133. The zero-order chi connectivity index (χ0) is 10.8. The maximum atomic E-state index is 11.7. The highest BCUT2D eigenvalue weighted by atomic mass is 16.2. The van der Waals surface area contributed by atoms with Crippen molar-refractivity contribution in [2.75, 3.05) is 27.2 Å². The molecule has 0 saturated carbocycles. The monoisotopic (exact) mass is 198 g/mol. The molecule has 0 aliphatic carbocycles. The number of carbonyl (C=O) groups is 1. The van der Waals surface area contributed by atoms with Gasteiger partial charge in [-0.1, -0.05) is 0 Å². The lowest BCUT2D eigenvalue weighted by Crippen LogP contribution is -2.56. The van der Waals surface area contributed by atoms with E-state index in [9.17, 15) is 4.79 Å². The van der Waals surface area contributed by atoms with Crippen molar-refractivity contribution in [3.05, 3.63) is 0 Å². The number of amides is 1. The van der Waals surface area contributed by atoms with Crippen molar-refractivity contribution in [2.45, 2.75) is 19.4 Å². The van der Waals surface area contributed by atoms with Crippen LogP contribution in [0.3, 0.4) is 0 Å². The first-order chi connectivity index (χ1) is 6.43. The molecule has 0 aromatic carbocycles. The van der Waals surface area contributed by atoms with E-state index < -0.39 is 5.54 Å². The van der Waals surface area contributed by atoms with Gasteiger partial charge in [-0.25, -0.2) is 0 Å². The molecule has 2 N–H and O–H groups in total. The molecule has 1 aliphatic heterocycles. The van der Waals surface area contributed by atoms with Gasteiger partial charge in [0.05, 0.1) is 6.54 Å². The lowest BCUT2D eigenvalue weighted by atomic mass is 10.0. The molecule has 0 atom stereocenters. The molecule has 80 valence electrons. The largest absolute Gasteiger partial charge is 0.355 e. The molecular formula is C9H18N4O. The molecule has 14 heavy (non-hydrogen) atoms. The van der Waals surface area contributed by atoms with Gasteiger partial charge in [-0.3, -0.25) is 9.79 Å². The van der Waals surface area contributed by atoms with E-state index in [1.54, 1.807) is 19.0 Å². The van der Waals surface area contributed by atoms with Gasteiger partial charge in [0.25, 0.3) is 0 Å². The zero-order valence-electron chi connectivity index (χ0n) is 9.22. The fraction of sp³-hybridized carbons (Fsp3) is 0.778. The van der Waals surface area contributed by atoms with Crippen molar-refractivity contribution in [1.29, 1.82) is 0 Å². The van der Waals surface area contributed by atoms with Crippen molar-refractivity contribution >= 4 is 11.9 Å². The van der Waals surface area contributed by atoms with Crippen molar-refractivity contribution in [1.82, 2.24) is 15.5 Å². The Kier molecular flexibility index (Phi) is 2.98. The number of aliphatic imine (C=N–C) groups is 1. The summed E-state index contributed by atoms with van der Waals surface area (Å²) in [6.45, 7) is 5.30. The van der Waals surface area contributed by atoms with Crippen LogP contribution in [-0.2, 0) is 4.79 Å². The summed E-state index contributed by atoms with van der Waals surface area (Å²) in [5.41, 5.74) is -0.611. The summed E-state index contributed by atoms with van der Waals surface area (Å²) in [6.07, 6.45) is 0. The summed E-state index contributed by atoms with van der Waals surface area (Å²) in [7, 11) is 3.49. The molecule has 1 amide bonds. The standard InChI is InChI=1S/C9H18N4O/c1-9(2,7(14)13(3)4)12-8-10-5-6-11-8/h5-6H2,1-4H3,(H2,10,11,12). The number of carbonyl (C=O) groups excluding carboxylic acids is 1. The number of nitrogens with one attached hydrogen (secondary N) is 2. The Morgan fingerprint density at radius 3 is 2.64 bits per heavy atom. The van der Waals surface area contributed by atoms with Gasteiger partial charge < -0.3 is 15.5 Å². The Hall–Kier alpha value is -1.26. The quantitative estimate of drug-likeness (QED) is 0.623. The van der Waals surface area contributed by atoms with Crippen LogP contribution < -0.4 is 10.6 Å². The van der Waals surface area contributed by atoms with Crippen LogP contribution in [0.5, 0.6) is 0 Å². The molecule has 0 radical (unpaired) electrons. The maximum Gasteiger partial charge on any atom is 0.247 e. The molecule has 5 nitrogen and oxygen atoms in total. The normalized spacial score (nSPS) is 15.9. The maximum absolute atomic E-state index is 11.7. The SMILES string of the molecule is CN(C)C(=O)C(C)(C)NC1=NCCN1. The van der Waals surface area contributed by atoms with Gasteiger partial charge in [-0.15, -0.1) is 0 Å². The van der Waals surface area contributed by atoms with E-state index >= 15 is 0 Å². The molecule has 0 spiro atoms.